The maximum absolute atomic E-state index is 11.6. The molecule has 0 aliphatic carbocycles. The highest BCUT2D eigenvalue weighted by Gasteiger charge is 2.20. The largest absolute Gasteiger partial charge is 0.481 e. The van der Waals surface area contributed by atoms with Crippen LogP contribution in [0.4, 0.5) is 11.4 Å². The van der Waals surface area contributed by atoms with Crippen molar-refractivity contribution in [2.24, 2.45) is 0 Å². The first-order valence-electron chi connectivity index (χ1n) is 5.99. The Morgan fingerprint density at radius 3 is 2.86 bits per heavy atom. The van der Waals surface area contributed by atoms with E-state index < -0.39 is 16.5 Å². The minimum atomic E-state index is -1.00. The number of nitro groups is 1. The molecule has 0 atom stereocenters. The average Bonchev–Trinajstić information content (AvgIpc) is 2.43. The molecule has 0 aliphatic heterocycles. The Labute approximate surface area is 118 Å². The van der Waals surface area contributed by atoms with Gasteiger partial charge in [0, 0.05) is 19.7 Å². The average molecular weight is 292 g/mol. The number of nitrogens with zero attached hydrogens (tertiary/aromatic N) is 3. The summed E-state index contributed by atoms with van der Waals surface area (Å²) in [4.78, 5) is 40.5. The zero-order valence-electron chi connectivity index (χ0n) is 11.1. The van der Waals surface area contributed by atoms with Crippen molar-refractivity contribution >= 4 is 28.2 Å². The fourth-order valence-corrected chi connectivity index (χ4v) is 1.93. The lowest BCUT2D eigenvalue weighted by Crippen LogP contribution is -2.22. The number of rotatable bonds is 5. The second-order valence-electron chi connectivity index (χ2n) is 4.41. The Bertz CT molecular complexity index is 770. The predicted octanol–water partition coefficient (Wildman–Crippen LogP) is 0.742. The van der Waals surface area contributed by atoms with Crippen LogP contribution in [0.15, 0.2) is 23.3 Å². The smallest absolute Gasteiger partial charge is 0.305 e. The van der Waals surface area contributed by atoms with Crippen LogP contribution in [0.3, 0.4) is 0 Å². The molecule has 0 amide bonds. The summed E-state index contributed by atoms with van der Waals surface area (Å²) in [6.07, 6.45) is 1.05. The number of aromatic amines is 1. The Kier molecular flexibility index (Phi) is 3.83. The van der Waals surface area contributed by atoms with Crippen molar-refractivity contribution in [3.05, 3.63) is 38.9 Å². The molecular formula is C12H12N4O5. The summed E-state index contributed by atoms with van der Waals surface area (Å²) in [5.74, 6) is -1.00. The molecule has 0 aliphatic rings. The van der Waals surface area contributed by atoms with Gasteiger partial charge in [-0.3, -0.25) is 19.7 Å². The van der Waals surface area contributed by atoms with E-state index in [0.717, 1.165) is 6.07 Å². The topological polar surface area (TPSA) is 129 Å². The molecule has 1 heterocycles. The highest BCUT2D eigenvalue weighted by Crippen LogP contribution is 2.30. The van der Waals surface area contributed by atoms with Gasteiger partial charge in [-0.05, 0) is 6.07 Å². The second-order valence-corrected chi connectivity index (χ2v) is 4.41. The Balaban J connectivity index is 2.55. The van der Waals surface area contributed by atoms with Crippen molar-refractivity contribution < 1.29 is 14.8 Å². The number of hydrogen-bond donors (Lipinski definition) is 2. The molecule has 1 aromatic carbocycles. The van der Waals surface area contributed by atoms with Gasteiger partial charge in [0.15, 0.2) is 0 Å². The minimum Gasteiger partial charge on any atom is -0.481 e. The van der Waals surface area contributed by atoms with E-state index in [1.807, 2.05) is 0 Å². The number of nitro benzene ring substituents is 1. The third-order valence-electron chi connectivity index (χ3n) is 3.01. The molecule has 2 aromatic rings. The highest BCUT2D eigenvalue weighted by molar-refractivity contribution is 5.87. The molecule has 21 heavy (non-hydrogen) atoms. The van der Waals surface area contributed by atoms with E-state index in [0.29, 0.717) is 5.52 Å². The predicted molar refractivity (Wildman–Crippen MR) is 74.5 cm³/mol. The first-order valence-corrected chi connectivity index (χ1v) is 5.99. The van der Waals surface area contributed by atoms with Crippen molar-refractivity contribution in [1.82, 2.24) is 9.97 Å². The lowest BCUT2D eigenvalue weighted by molar-refractivity contribution is -0.384. The van der Waals surface area contributed by atoms with Crippen molar-refractivity contribution in [3.63, 3.8) is 0 Å². The SMILES string of the molecule is CN(CCC(=O)O)c1cc2nc[nH]c(=O)c2cc1[N+](=O)[O-]. The Morgan fingerprint density at radius 1 is 1.52 bits per heavy atom. The summed E-state index contributed by atoms with van der Waals surface area (Å²) in [5.41, 5.74) is -0.217. The molecule has 0 radical (unpaired) electrons. The van der Waals surface area contributed by atoms with Gasteiger partial charge in [0.05, 0.1) is 28.6 Å². The fraction of sp³-hybridized carbons (Fsp3) is 0.250. The van der Waals surface area contributed by atoms with E-state index in [2.05, 4.69) is 9.97 Å². The van der Waals surface area contributed by atoms with E-state index in [1.54, 1.807) is 7.05 Å². The number of fused-ring (bicyclic) bond motifs is 1. The van der Waals surface area contributed by atoms with Gasteiger partial charge in [0.2, 0.25) is 0 Å². The van der Waals surface area contributed by atoms with Gasteiger partial charge < -0.3 is 15.0 Å². The molecular weight excluding hydrogens is 280 g/mol. The number of nitrogens with one attached hydrogen (secondary N) is 1. The van der Waals surface area contributed by atoms with E-state index >= 15 is 0 Å². The zero-order valence-corrected chi connectivity index (χ0v) is 11.1. The summed E-state index contributed by atoms with van der Waals surface area (Å²) in [7, 11) is 1.55. The van der Waals surface area contributed by atoms with Crippen LogP contribution in [0.2, 0.25) is 0 Å². The summed E-state index contributed by atoms with van der Waals surface area (Å²) in [6, 6.07) is 2.55. The van der Waals surface area contributed by atoms with E-state index in [9.17, 15) is 19.7 Å². The summed E-state index contributed by atoms with van der Waals surface area (Å²) < 4.78 is 0. The van der Waals surface area contributed by atoms with Gasteiger partial charge in [-0.1, -0.05) is 0 Å². The van der Waals surface area contributed by atoms with Gasteiger partial charge in [0.1, 0.15) is 5.69 Å². The quantitative estimate of drug-likeness (QED) is 0.614. The number of hydrogen-bond acceptors (Lipinski definition) is 6. The van der Waals surface area contributed by atoms with Gasteiger partial charge in [0.25, 0.3) is 11.2 Å². The number of H-pyrrole nitrogens is 1. The molecule has 9 heteroatoms. The van der Waals surface area contributed by atoms with Crippen molar-refractivity contribution in [3.8, 4) is 0 Å². The van der Waals surface area contributed by atoms with Gasteiger partial charge in [-0.25, -0.2) is 4.98 Å². The number of benzene rings is 1. The number of anilines is 1. The third kappa shape index (κ3) is 2.96. The van der Waals surface area contributed by atoms with E-state index in [4.69, 9.17) is 5.11 Å². The molecule has 0 unspecified atom stereocenters. The standard InChI is InChI=1S/C12H12N4O5/c1-15(3-2-11(17)18)9-5-8-7(4-10(9)16(20)21)12(19)14-6-13-8/h4-6H,2-3H2,1H3,(H,17,18)(H,13,14,19). The lowest BCUT2D eigenvalue weighted by Gasteiger charge is -2.18. The summed E-state index contributed by atoms with van der Waals surface area (Å²) in [5, 5.41) is 19.9. The number of aliphatic carboxylic acids is 1. The number of carboxylic acids is 1. The highest BCUT2D eigenvalue weighted by atomic mass is 16.6. The van der Waals surface area contributed by atoms with Crippen molar-refractivity contribution in [1.29, 1.82) is 0 Å². The van der Waals surface area contributed by atoms with Crippen LogP contribution in [0.5, 0.6) is 0 Å². The molecule has 0 spiro atoms. The van der Waals surface area contributed by atoms with Gasteiger partial charge in [-0.15, -0.1) is 0 Å². The molecule has 2 N–H and O–H groups in total. The van der Waals surface area contributed by atoms with Crippen LogP contribution < -0.4 is 10.5 Å². The molecule has 0 saturated carbocycles. The minimum absolute atomic E-state index is 0.102. The van der Waals surface area contributed by atoms with Gasteiger partial charge in [-0.2, -0.15) is 0 Å². The maximum Gasteiger partial charge on any atom is 0.305 e. The Hall–Kier alpha value is -2.97. The summed E-state index contributed by atoms with van der Waals surface area (Å²) >= 11 is 0. The second kappa shape index (κ2) is 5.57. The van der Waals surface area contributed by atoms with E-state index in [1.165, 1.54) is 17.3 Å². The monoisotopic (exact) mass is 292 g/mol. The number of carboxylic acid groups (broad SMARTS) is 1. The van der Waals surface area contributed by atoms with Crippen LogP contribution in [0, 0.1) is 10.1 Å². The van der Waals surface area contributed by atoms with Crippen LogP contribution in [0.1, 0.15) is 6.42 Å². The zero-order chi connectivity index (χ0) is 15.6. The first-order chi connectivity index (χ1) is 9.90. The van der Waals surface area contributed by atoms with Crippen LogP contribution >= 0.6 is 0 Å². The number of aromatic nitrogens is 2. The molecule has 1 aromatic heterocycles. The van der Waals surface area contributed by atoms with Crippen molar-refractivity contribution in [2.45, 2.75) is 6.42 Å². The Morgan fingerprint density at radius 2 is 2.24 bits per heavy atom. The fourth-order valence-electron chi connectivity index (χ4n) is 1.93. The van der Waals surface area contributed by atoms with Gasteiger partial charge >= 0.3 is 5.97 Å². The lowest BCUT2D eigenvalue weighted by atomic mass is 10.1. The first kappa shape index (κ1) is 14.4. The normalized spacial score (nSPS) is 10.5. The maximum atomic E-state index is 11.6. The molecule has 0 bridgehead atoms. The van der Waals surface area contributed by atoms with Crippen molar-refractivity contribution in [2.75, 3.05) is 18.5 Å². The molecule has 110 valence electrons. The van der Waals surface area contributed by atoms with Crippen LogP contribution in [0.25, 0.3) is 10.9 Å². The third-order valence-corrected chi connectivity index (χ3v) is 3.01. The molecule has 0 fully saturated rings. The molecule has 0 saturated heterocycles. The van der Waals surface area contributed by atoms with Crippen LogP contribution in [-0.2, 0) is 4.79 Å². The number of carbonyl (C=O) groups is 1. The van der Waals surface area contributed by atoms with Crippen LogP contribution in [-0.4, -0.2) is 39.6 Å². The summed E-state index contributed by atoms with van der Waals surface area (Å²) in [6.45, 7) is 0.102. The molecule has 9 nitrogen and oxygen atoms in total. The molecule has 2 rings (SSSR count). The van der Waals surface area contributed by atoms with E-state index in [-0.39, 0.29) is 29.7 Å².